The van der Waals surface area contributed by atoms with Crippen molar-refractivity contribution in [3.05, 3.63) is 54.1 Å². The molecule has 2 aromatic rings. The van der Waals surface area contributed by atoms with Gasteiger partial charge >= 0.3 is 0 Å². The van der Waals surface area contributed by atoms with Crippen LogP contribution in [0.5, 0.6) is 0 Å². The molecule has 6 heteroatoms. The van der Waals surface area contributed by atoms with E-state index in [-0.39, 0.29) is 10.6 Å². The zero-order valence-electron chi connectivity index (χ0n) is 10.9. The van der Waals surface area contributed by atoms with Crippen LogP contribution in [0, 0.1) is 0 Å². The van der Waals surface area contributed by atoms with Gasteiger partial charge in [-0.15, -0.1) is 0 Å². The Kier molecular flexibility index (Phi) is 4.26. The molecular formula is C14H17N3O2S. The fraction of sp³-hybridized carbons (Fsp3) is 0.143. The van der Waals surface area contributed by atoms with Gasteiger partial charge in [0.2, 0.25) is 10.0 Å². The molecule has 0 saturated carbocycles. The third kappa shape index (κ3) is 3.49. The molecule has 0 spiro atoms. The summed E-state index contributed by atoms with van der Waals surface area (Å²) in [7, 11) is -3.80. The van der Waals surface area contributed by atoms with Crippen LogP contribution in [0.4, 0.5) is 11.4 Å². The van der Waals surface area contributed by atoms with Gasteiger partial charge in [-0.3, -0.25) is 0 Å². The first-order valence-electron chi connectivity index (χ1n) is 6.17. The zero-order chi connectivity index (χ0) is 14.6. The summed E-state index contributed by atoms with van der Waals surface area (Å²) >= 11 is 0. The molecule has 0 bridgehead atoms. The molecule has 2 aromatic carbocycles. The van der Waals surface area contributed by atoms with Crippen LogP contribution < -0.4 is 16.2 Å². The van der Waals surface area contributed by atoms with Crippen molar-refractivity contribution >= 4 is 21.4 Å². The Labute approximate surface area is 118 Å². The van der Waals surface area contributed by atoms with E-state index in [1.165, 1.54) is 11.6 Å². The van der Waals surface area contributed by atoms with Crippen molar-refractivity contribution in [2.45, 2.75) is 11.3 Å². The summed E-state index contributed by atoms with van der Waals surface area (Å²) in [5, 5.41) is 8.24. The third-order valence-corrected chi connectivity index (χ3v) is 3.91. The Hall–Kier alpha value is -2.05. The second-order valence-electron chi connectivity index (χ2n) is 4.42. The number of anilines is 2. The number of nitrogen functional groups attached to an aromatic ring is 1. The van der Waals surface area contributed by atoms with Gasteiger partial charge in [-0.25, -0.2) is 13.6 Å². The standard InChI is InChI=1S/C14H17N3O2S/c15-14-12(7-4-8-13(14)20(16,18)19)17-10-9-11-5-2-1-3-6-11/h1-8,17H,9-10,15H2,(H2,16,18,19). The minimum absolute atomic E-state index is 0.0535. The molecule has 0 heterocycles. The molecule has 0 radical (unpaired) electrons. The number of primary sulfonamides is 1. The predicted molar refractivity (Wildman–Crippen MR) is 80.9 cm³/mol. The lowest BCUT2D eigenvalue weighted by molar-refractivity contribution is 0.598. The van der Waals surface area contributed by atoms with Crippen molar-refractivity contribution in [1.82, 2.24) is 0 Å². The zero-order valence-corrected chi connectivity index (χ0v) is 11.7. The maximum Gasteiger partial charge on any atom is 0.240 e. The normalized spacial score (nSPS) is 11.2. The Morgan fingerprint density at radius 1 is 1.00 bits per heavy atom. The van der Waals surface area contributed by atoms with E-state index < -0.39 is 10.0 Å². The Morgan fingerprint density at radius 2 is 1.70 bits per heavy atom. The van der Waals surface area contributed by atoms with Crippen LogP contribution in [0.1, 0.15) is 5.56 Å². The lowest BCUT2D eigenvalue weighted by Gasteiger charge is -2.11. The largest absolute Gasteiger partial charge is 0.396 e. The lowest BCUT2D eigenvalue weighted by atomic mass is 10.1. The highest BCUT2D eigenvalue weighted by atomic mass is 32.2. The van der Waals surface area contributed by atoms with Crippen LogP contribution in [0.25, 0.3) is 0 Å². The number of hydrogen-bond acceptors (Lipinski definition) is 4. The van der Waals surface area contributed by atoms with Gasteiger partial charge in [0.15, 0.2) is 0 Å². The highest BCUT2D eigenvalue weighted by Gasteiger charge is 2.14. The number of hydrogen-bond donors (Lipinski definition) is 3. The molecule has 0 saturated heterocycles. The van der Waals surface area contributed by atoms with Crippen LogP contribution in [0.15, 0.2) is 53.4 Å². The summed E-state index contributed by atoms with van der Waals surface area (Å²) in [5.74, 6) is 0. The van der Waals surface area contributed by atoms with Crippen LogP contribution >= 0.6 is 0 Å². The molecule has 0 aromatic heterocycles. The molecule has 20 heavy (non-hydrogen) atoms. The van der Waals surface area contributed by atoms with E-state index in [0.717, 1.165) is 6.42 Å². The van der Waals surface area contributed by atoms with E-state index in [9.17, 15) is 8.42 Å². The van der Waals surface area contributed by atoms with Gasteiger partial charge in [0, 0.05) is 6.54 Å². The summed E-state index contributed by atoms with van der Waals surface area (Å²) in [4.78, 5) is -0.0535. The highest BCUT2D eigenvalue weighted by molar-refractivity contribution is 7.89. The molecular weight excluding hydrogens is 274 g/mol. The van der Waals surface area contributed by atoms with Gasteiger partial charge in [-0.05, 0) is 24.1 Å². The first-order valence-corrected chi connectivity index (χ1v) is 7.72. The minimum atomic E-state index is -3.80. The van der Waals surface area contributed by atoms with Gasteiger partial charge in [-0.1, -0.05) is 36.4 Å². The van der Waals surface area contributed by atoms with Gasteiger partial charge in [0.1, 0.15) is 4.90 Å². The first kappa shape index (κ1) is 14.4. The molecule has 0 aliphatic carbocycles. The van der Waals surface area contributed by atoms with E-state index in [0.29, 0.717) is 12.2 Å². The monoisotopic (exact) mass is 291 g/mol. The van der Waals surface area contributed by atoms with Crippen molar-refractivity contribution < 1.29 is 8.42 Å². The average molecular weight is 291 g/mol. The van der Waals surface area contributed by atoms with Gasteiger partial charge in [0.05, 0.1) is 11.4 Å². The number of para-hydroxylation sites is 1. The van der Waals surface area contributed by atoms with Crippen LogP contribution in [0.3, 0.4) is 0 Å². The van der Waals surface area contributed by atoms with Gasteiger partial charge in [0.25, 0.3) is 0 Å². The molecule has 5 nitrogen and oxygen atoms in total. The van der Waals surface area contributed by atoms with Crippen molar-refractivity contribution in [2.75, 3.05) is 17.6 Å². The molecule has 0 unspecified atom stereocenters. The fourth-order valence-corrected chi connectivity index (χ4v) is 2.62. The second-order valence-corrected chi connectivity index (χ2v) is 5.95. The number of nitrogens with two attached hydrogens (primary N) is 2. The SMILES string of the molecule is Nc1c(NCCc2ccccc2)cccc1S(N)(=O)=O. The van der Waals surface area contributed by atoms with Crippen molar-refractivity contribution in [2.24, 2.45) is 5.14 Å². The van der Waals surface area contributed by atoms with Gasteiger partial charge < -0.3 is 11.1 Å². The summed E-state index contributed by atoms with van der Waals surface area (Å²) in [6.45, 7) is 0.655. The van der Waals surface area contributed by atoms with Crippen molar-refractivity contribution in [1.29, 1.82) is 0 Å². The molecule has 0 atom stereocenters. The number of rotatable bonds is 5. The molecule has 106 valence electrons. The van der Waals surface area contributed by atoms with E-state index in [1.807, 2.05) is 30.3 Å². The molecule has 0 amide bonds. The van der Waals surface area contributed by atoms with Crippen LogP contribution in [0.2, 0.25) is 0 Å². The summed E-state index contributed by atoms with van der Waals surface area (Å²) in [6, 6.07) is 14.7. The Bertz CT molecular complexity index is 685. The van der Waals surface area contributed by atoms with E-state index in [4.69, 9.17) is 10.9 Å². The average Bonchev–Trinajstić information content (AvgIpc) is 2.40. The molecule has 0 aliphatic rings. The summed E-state index contributed by atoms with van der Waals surface area (Å²) in [5.41, 5.74) is 7.75. The predicted octanol–water partition coefficient (Wildman–Crippen LogP) is 1.57. The lowest BCUT2D eigenvalue weighted by Crippen LogP contribution is -2.16. The minimum Gasteiger partial charge on any atom is -0.396 e. The number of sulfonamides is 1. The number of benzene rings is 2. The van der Waals surface area contributed by atoms with Crippen LogP contribution in [-0.4, -0.2) is 15.0 Å². The second kappa shape index (κ2) is 5.94. The van der Waals surface area contributed by atoms with Crippen molar-refractivity contribution in [3.8, 4) is 0 Å². The molecule has 0 aliphatic heterocycles. The topological polar surface area (TPSA) is 98.2 Å². The molecule has 2 rings (SSSR count). The maximum absolute atomic E-state index is 11.4. The Morgan fingerprint density at radius 3 is 2.35 bits per heavy atom. The quantitative estimate of drug-likeness (QED) is 0.728. The smallest absolute Gasteiger partial charge is 0.240 e. The van der Waals surface area contributed by atoms with E-state index >= 15 is 0 Å². The van der Waals surface area contributed by atoms with Gasteiger partial charge in [-0.2, -0.15) is 0 Å². The fourth-order valence-electron chi connectivity index (χ4n) is 1.93. The van der Waals surface area contributed by atoms with Crippen LogP contribution in [-0.2, 0) is 16.4 Å². The van der Waals surface area contributed by atoms with E-state index in [1.54, 1.807) is 12.1 Å². The summed E-state index contributed by atoms with van der Waals surface area (Å²) in [6.07, 6.45) is 0.819. The molecule has 0 fully saturated rings. The Balaban J connectivity index is 2.07. The summed E-state index contributed by atoms with van der Waals surface area (Å²) < 4.78 is 22.7. The maximum atomic E-state index is 11.4. The van der Waals surface area contributed by atoms with Crippen molar-refractivity contribution in [3.63, 3.8) is 0 Å². The highest BCUT2D eigenvalue weighted by Crippen LogP contribution is 2.25. The number of nitrogens with one attached hydrogen (secondary N) is 1. The first-order chi connectivity index (χ1) is 9.48. The third-order valence-electron chi connectivity index (χ3n) is 2.94. The molecule has 5 N–H and O–H groups in total. The van der Waals surface area contributed by atoms with E-state index in [2.05, 4.69) is 5.32 Å².